The third-order valence-electron chi connectivity index (χ3n) is 3.54. The van der Waals surface area contributed by atoms with Gasteiger partial charge in [-0.2, -0.15) is 0 Å². The molecule has 0 aromatic heterocycles. The Morgan fingerprint density at radius 3 is 2.83 bits per heavy atom. The molecule has 0 spiro atoms. The van der Waals surface area contributed by atoms with Crippen molar-refractivity contribution in [2.45, 2.75) is 32.2 Å². The van der Waals surface area contributed by atoms with E-state index in [1.165, 1.54) is 5.56 Å². The molecule has 2 N–H and O–H groups in total. The van der Waals surface area contributed by atoms with E-state index in [1.54, 1.807) is 0 Å². The van der Waals surface area contributed by atoms with Crippen LogP contribution in [-0.4, -0.2) is 25.9 Å². The summed E-state index contributed by atoms with van der Waals surface area (Å²) in [5, 5.41) is 0. The average molecular weight is 249 g/mol. The molecule has 3 nitrogen and oxygen atoms in total. The number of para-hydroxylation sites is 1. The first-order valence-electron chi connectivity index (χ1n) is 6.73. The lowest BCUT2D eigenvalue weighted by Crippen LogP contribution is -2.36. The van der Waals surface area contributed by atoms with Crippen LogP contribution >= 0.6 is 0 Å². The normalized spacial score (nSPS) is 21.2. The minimum absolute atomic E-state index is 0.0627. The quantitative estimate of drug-likeness (QED) is 0.872. The van der Waals surface area contributed by atoms with Crippen LogP contribution in [0.2, 0.25) is 0 Å². The predicted molar refractivity (Wildman–Crippen MR) is 72.9 cm³/mol. The van der Waals surface area contributed by atoms with E-state index in [4.69, 9.17) is 15.2 Å². The number of ether oxygens (including phenoxy) is 2. The Balaban J connectivity index is 1.93. The highest BCUT2D eigenvalue weighted by Crippen LogP contribution is 2.26. The Hall–Kier alpha value is -1.06. The summed E-state index contributed by atoms with van der Waals surface area (Å²) in [6.07, 6.45) is 1.05. The fraction of sp³-hybridized carbons (Fsp3) is 0.600. The van der Waals surface area contributed by atoms with Gasteiger partial charge in [0.25, 0.3) is 0 Å². The zero-order chi connectivity index (χ0) is 13.0. The SMILES string of the molecule is CC(C)c1ccccc1OCC(N)C1CCOC1. The first-order chi connectivity index (χ1) is 8.68. The summed E-state index contributed by atoms with van der Waals surface area (Å²) in [5.41, 5.74) is 7.39. The Labute approximate surface area is 109 Å². The number of nitrogens with two attached hydrogens (primary N) is 1. The third kappa shape index (κ3) is 3.24. The van der Waals surface area contributed by atoms with Crippen molar-refractivity contribution in [3.8, 4) is 5.75 Å². The number of rotatable bonds is 5. The van der Waals surface area contributed by atoms with Crippen LogP contribution in [0.5, 0.6) is 5.75 Å². The molecule has 1 aromatic rings. The molecule has 0 bridgehead atoms. The molecule has 2 atom stereocenters. The van der Waals surface area contributed by atoms with E-state index in [2.05, 4.69) is 19.9 Å². The number of hydrogen-bond acceptors (Lipinski definition) is 3. The van der Waals surface area contributed by atoms with Crippen molar-refractivity contribution in [3.05, 3.63) is 29.8 Å². The predicted octanol–water partition coefficient (Wildman–Crippen LogP) is 2.55. The minimum Gasteiger partial charge on any atom is -0.492 e. The lowest BCUT2D eigenvalue weighted by atomic mass is 10.0. The highest BCUT2D eigenvalue weighted by Gasteiger charge is 2.23. The Morgan fingerprint density at radius 1 is 1.39 bits per heavy atom. The molecule has 1 heterocycles. The lowest BCUT2D eigenvalue weighted by molar-refractivity contribution is 0.169. The Morgan fingerprint density at radius 2 is 2.17 bits per heavy atom. The molecular weight excluding hydrogens is 226 g/mol. The lowest BCUT2D eigenvalue weighted by Gasteiger charge is -2.20. The van der Waals surface area contributed by atoms with E-state index < -0.39 is 0 Å². The summed E-state index contributed by atoms with van der Waals surface area (Å²) in [5.74, 6) is 1.87. The molecule has 0 saturated carbocycles. The minimum atomic E-state index is 0.0627. The van der Waals surface area contributed by atoms with Gasteiger partial charge in [-0.25, -0.2) is 0 Å². The molecule has 0 radical (unpaired) electrons. The second kappa shape index (κ2) is 6.21. The van der Waals surface area contributed by atoms with Crippen LogP contribution in [0.1, 0.15) is 31.7 Å². The van der Waals surface area contributed by atoms with Crippen molar-refractivity contribution in [1.82, 2.24) is 0 Å². The number of benzene rings is 1. The second-order valence-electron chi connectivity index (χ2n) is 5.29. The first kappa shape index (κ1) is 13.4. The fourth-order valence-corrected chi connectivity index (χ4v) is 2.30. The molecule has 3 heteroatoms. The topological polar surface area (TPSA) is 44.5 Å². The van der Waals surface area contributed by atoms with Crippen molar-refractivity contribution in [2.75, 3.05) is 19.8 Å². The second-order valence-corrected chi connectivity index (χ2v) is 5.29. The molecule has 0 aliphatic carbocycles. The van der Waals surface area contributed by atoms with Crippen molar-refractivity contribution >= 4 is 0 Å². The van der Waals surface area contributed by atoms with Crippen LogP contribution in [0.3, 0.4) is 0 Å². The van der Waals surface area contributed by atoms with Crippen LogP contribution < -0.4 is 10.5 Å². The van der Waals surface area contributed by atoms with E-state index in [9.17, 15) is 0 Å². The third-order valence-corrected chi connectivity index (χ3v) is 3.54. The monoisotopic (exact) mass is 249 g/mol. The molecule has 1 aliphatic rings. The molecule has 18 heavy (non-hydrogen) atoms. The highest BCUT2D eigenvalue weighted by molar-refractivity contribution is 5.35. The van der Waals surface area contributed by atoms with E-state index >= 15 is 0 Å². The largest absolute Gasteiger partial charge is 0.492 e. The van der Waals surface area contributed by atoms with Gasteiger partial charge in [-0.3, -0.25) is 0 Å². The van der Waals surface area contributed by atoms with E-state index in [-0.39, 0.29) is 6.04 Å². The standard InChI is InChI=1S/C15H23NO2/c1-11(2)13-5-3-4-6-15(13)18-10-14(16)12-7-8-17-9-12/h3-6,11-12,14H,7-10,16H2,1-2H3. The van der Waals surface area contributed by atoms with Crippen LogP contribution in [0.4, 0.5) is 0 Å². The Kier molecular flexibility index (Phi) is 4.61. The average Bonchev–Trinajstić information content (AvgIpc) is 2.90. The first-order valence-corrected chi connectivity index (χ1v) is 6.73. The van der Waals surface area contributed by atoms with E-state index in [1.807, 2.05) is 18.2 Å². The van der Waals surface area contributed by atoms with Gasteiger partial charge in [0, 0.05) is 18.6 Å². The highest BCUT2D eigenvalue weighted by atomic mass is 16.5. The van der Waals surface area contributed by atoms with Crippen molar-refractivity contribution < 1.29 is 9.47 Å². The fourth-order valence-electron chi connectivity index (χ4n) is 2.30. The Bertz CT molecular complexity index is 373. The maximum absolute atomic E-state index is 6.15. The molecule has 1 saturated heterocycles. The van der Waals surface area contributed by atoms with Crippen molar-refractivity contribution in [2.24, 2.45) is 11.7 Å². The molecule has 1 aliphatic heterocycles. The summed E-state index contributed by atoms with van der Waals surface area (Å²) in [4.78, 5) is 0. The van der Waals surface area contributed by atoms with Crippen LogP contribution in [0.15, 0.2) is 24.3 Å². The molecule has 100 valence electrons. The van der Waals surface area contributed by atoms with Gasteiger partial charge in [-0.1, -0.05) is 32.0 Å². The maximum atomic E-state index is 6.15. The molecule has 1 fully saturated rings. The zero-order valence-electron chi connectivity index (χ0n) is 11.3. The van der Waals surface area contributed by atoms with Gasteiger partial charge < -0.3 is 15.2 Å². The summed E-state index contributed by atoms with van der Waals surface area (Å²) in [6, 6.07) is 8.25. The zero-order valence-corrected chi connectivity index (χ0v) is 11.3. The van der Waals surface area contributed by atoms with Crippen molar-refractivity contribution in [1.29, 1.82) is 0 Å². The van der Waals surface area contributed by atoms with E-state index in [0.29, 0.717) is 18.4 Å². The number of hydrogen-bond donors (Lipinski definition) is 1. The summed E-state index contributed by atoms with van der Waals surface area (Å²) < 4.78 is 11.2. The van der Waals surface area contributed by atoms with Gasteiger partial charge in [0.15, 0.2) is 0 Å². The summed E-state index contributed by atoms with van der Waals surface area (Å²) in [7, 11) is 0. The molecule has 0 amide bonds. The molecule has 2 unspecified atom stereocenters. The summed E-state index contributed by atoms with van der Waals surface area (Å²) >= 11 is 0. The molecular formula is C15H23NO2. The van der Waals surface area contributed by atoms with Crippen molar-refractivity contribution in [3.63, 3.8) is 0 Å². The van der Waals surface area contributed by atoms with Gasteiger partial charge >= 0.3 is 0 Å². The van der Waals surface area contributed by atoms with Gasteiger partial charge in [-0.15, -0.1) is 0 Å². The van der Waals surface area contributed by atoms with Gasteiger partial charge in [0.2, 0.25) is 0 Å². The van der Waals surface area contributed by atoms with Gasteiger partial charge in [-0.05, 0) is 24.0 Å². The maximum Gasteiger partial charge on any atom is 0.122 e. The van der Waals surface area contributed by atoms with Gasteiger partial charge in [0.05, 0.1) is 6.61 Å². The molecule has 1 aromatic carbocycles. The van der Waals surface area contributed by atoms with E-state index in [0.717, 1.165) is 25.4 Å². The smallest absolute Gasteiger partial charge is 0.122 e. The summed E-state index contributed by atoms with van der Waals surface area (Å²) in [6.45, 7) is 6.52. The van der Waals surface area contributed by atoms with Crippen LogP contribution in [0.25, 0.3) is 0 Å². The van der Waals surface area contributed by atoms with Crippen LogP contribution in [-0.2, 0) is 4.74 Å². The molecule has 2 rings (SSSR count). The van der Waals surface area contributed by atoms with Gasteiger partial charge in [0.1, 0.15) is 12.4 Å². The van der Waals surface area contributed by atoms with Crippen LogP contribution in [0, 0.1) is 5.92 Å².